The van der Waals surface area contributed by atoms with Crippen LogP contribution < -0.4 is 10.6 Å². The van der Waals surface area contributed by atoms with Gasteiger partial charge < -0.3 is 15.4 Å². The average molecular weight is 443 g/mol. The summed E-state index contributed by atoms with van der Waals surface area (Å²) in [5.74, 6) is -0.345. The Morgan fingerprint density at radius 1 is 1.13 bits per heavy atom. The Hall–Kier alpha value is -2.90. The molecule has 156 valence electrons. The number of nitrogens with one attached hydrogen (secondary N) is 2. The van der Waals surface area contributed by atoms with Gasteiger partial charge in [0.05, 0.1) is 35.8 Å². The maximum atomic E-state index is 11.8. The van der Waals surface area contributed by atoms with Gasteiger partial charge >= 0.3 is 5.97 Å². The molecule has 0 bridgehead atoms. The van der Waals surface area contributed by atoms with Gasteiger partial charge in [-0.1, -0.05) is 29.8 Å². The van der Waals surface area contributed by atoms with E-state index in [0.717, 1.165) is 28.3 Å². The third-order valence-electron chi connectivity index (χ3n) is 4.55. The molecule has 0 atom stereocenters. The van der Waals surface area contributed by atoms with Gasteiger partial charge in [0.1, 0.15) is 0 Å². The van der Waals surface area contributed by atoms with Crippen molar-refractivity contribution in [2.45, 2.75) is 27.3 Å². The second kappa shape index (κ2) is 9.73. The summed E-state index contributed by atoms with van der Waals surface area (Å²) in [4.78, 5) is 11.8. The van der Waals surface area contributed by atoms with Crippen LogP contribution in [-0.4, -0.2) is 27.5 Å². The van der Waals surface area contributed by atoms with E-state index in [-0.39, 0.29) is 5.97 Å². The molecule has 1 heterocycles. The van der Waals surface area contributed by atoms with Crippen molar-refractivity contribution < 1.29 is 9.53 Å². The molecule has 8 heteroatoms. The topological polar surface area (TPSA) is 68.2 Å². The predicted molar refractivity (Wildman–Crippen MR) is 124 cm³/mol. The number of halogens is 1. The molecule has 0 amide bonds. The summed E-state index contributed by atoms with van der Waals surface area (Å²) in [6.07, 6.45) is 0. The molecule has 0 spiro atoms. The van der Waals surface area contributed by atoms with E-state index < -0.39 is 0 Å². The van der Waals surface area contributed by atoms with Crippen LogP contribution in [0.25, 0.3) is 0 Å². The van der Waals surface area contributed by atoms with E-state index in [1.165, 1.54) is 0 Å². The number of hydrogen-bond acceptors (Lipinski definition) is 4. The first-order valence-electron chi connectivity index (χ1n) is 9.51. The van der Waals surface area contributed by atoms with Gasteiger partial charge in [-0.15, -0.1) is 0 Å². The lowest BCUT2D eigenvalue weighted by atomic mass is 10.2. The van der Waals surface area contributed by atoms with Gasteiger partial charge in [-0.2, -0.15) is 5.10 Å². The zero-order valence-corrected chi connectivity index (χ0v) is 18.6. The fourth-order valence-corrected chi connectivity index (χ4v) is 3.42. The molecule has 0 aliphatic carbocycles. The standard InChI is InChI=1S/C22H23ClN4O2S/c1-4-29-21(28)16-9-11-18(12-10-16)24-22(30)25-20-14(2)26-27(15(20)3)13-17-7-5-6-8-19(17)23/h5-12H,4,13H2,1-3H3,(H2,24,25,30). The van der Waals surface area contributed by atoms with Crippen LogP contribution in [0.1, 0.15) is 34.2 Å². The van der Waals surface area contributed by atoms with Crippen molar-refractivity contribution in [1.29, 1.82) is 0 Å². The number of aryl methyl sites for hydroxylation is 1. The molecule has 0 unspecified atom stereocenters. The van der Waals surface area contributed by atoms with Crippen LogP contribution in [0.3, 0.4) is 0 Å². The minimum absolute atomic E-state index is 0.343. The highest BCUT2D eigenvalue weighted by atomic mass is 35.5. The van der Waals surface area contributed by atoms with Crippen LogP contribution in [0, 0.1) is 13.8 Å². The van der Waals surface area contributed by atoms with Crippen LogP contribution in [-0.2, 0) is 11.3 Å². The van der Waals surface area contributed by atoms with Gasteiger partial charge in [-0.05, 0) is 68.9 Å². The van der Waals surface area contributed by atoms with Crippen molar-refractivity contribution in [2.24, 2.45) is 0 Å². The molecule has 2 N–H and O–H groups in total. The second-order valence-electron chi connectivity index (χ2n) is 6.67. The molecule has 30 heavy (non-hydrogen) atoms. The third kappa shape index (κ3) is 5.17. The summed E-state index contributed by atoms with van der Waals surface area (Å²) >= 11 is 11.7. The first kappa shape index (κ1) is 21.8. The molecule has 2 aromatic carbocycles. The minimum Gasteiger partial charge on any atom is -0.462 e. The highest BCUT2D eigenvalue weighted by molar-refractivity contribution is 7.80. The molecule has 1 aromatic heterocycles. The van der Waals surface area contributed by atoms with Crippen molar-refractivity contribution in [3.05, 3.63) is 76.1 Å². The largest absolute Gasteiger partial charge is 0.462 e. The Balaban J connectivity index is 1.67. The van der Waals surface area contributed by atoms with Crippen LogP contribution in [0.15, 0.2) is 48.5 Å². The van der Waals surface area contributed by atoms with Crippen molar-refractivity contribution in [3.8, 4) is 0 Å². The highest BCUT2D eigenvalue weighted by Gasteiger charge is 2.14. The number of ether oxygens (including phenoxy) is 1. The lowest BCUT2D eigenvalue weighted by Crippen LogP contribution is -2.20. The lowest BCUT2D eigenvalue weighted by molar-refractivity contribution is 0.0526. The Kier molecular flexibility index (Phi) is 7.07. The van der Waals surface area contributed by atoms with Gasteiger partial charge in [0.25, 0.3) is 0 Å². The molecule has 0 saturated carbocycles. The normalized spacial score (nSPS) is 10.5. The third-order valence-corrected chi connectivity index (χ3v) is 5.12. The van der Waals surface area contributed by atoms with Crippen molar-refractivity contribution >= 4 is 46.3 Å². The number of rotatable bonds is 6. The summed E-state index contributed by atoms with van der Waals surface area (Å²) in [7, 11) is 0. The molecular weight excluding hydrogens is 420 g/mol. The Labute approximate surface area is 186 Å². The Morgan fingerprint density at radius 2 is 1.83 bits per heavy atom. The predicted octanol–water partition coefficient (Wildman–Crippen LogP) is 5.19. The summed E-state index contributed by atoms with van der Waals surface area (Å²) in [5, 5.41) is 12.1. The number of carbonyl (C=O) groups is 1. The number of esters is 1. The van der Waals surface area contributed by atoms with E-state index in [9.17, 15) is 4.79 Å². The number of benzene rings is 2. The van der Waals surface area contributed by atoms with E-state index in [1.54, 1.807) is 31.2 Å². The maximum absolute atomic E-state index is 11.8. The summed E-state index contributed by atoms with van der Waals surface area (Å²) in [5.41, 5.74) is 4.89. The van der Waals surface area contributed by atoms with E-state index in [1.807, 2.05) is 42.8 Å². The number of nitrogens with zero attached hydrogens (tertiary/aromatic N) is 2. The minimum atomic E-state index is -0.345. The van der Waals surface area contributed by atoms with Crippen LogP contribution in [0.2, 0.25) is 5.02 Å². The molecule has 0 aliphatic rings. The fourth-order valence-electron chi connectivity index (χ4n) is 3.00. The number of anilines is 2. The second-order valence-corrected chi connectivity index (χ2v) is 7.49. The lowest BCUT2D eigenvalue weighted by Gasteiger charge is -2.12. The number of aromatic nitrogens is 2. The molecule has 0 saturated heterocycles. The first-order valence-corrected chi connectivity index (χ1v) is 10.3. The smallest absolute Gasteiger partial charge is 0.338 e. The van der Waals surface area contributed by atoms with Crippen LogP contribution >= 0.6 is 23.8 Å². The summed E-state index contributed by atoms with van der Waals surface area (Å²) in [6, 6.07) is 14.7. The summed E-state index contributed by atoms with van der Waals surface area (Å²) in [6.45, 7) is 6.60. The van der Waals surface area contributed by atoms with Crippen molar-refractivity contribution in [3.63, 3.8) is 0 Å². The highest BCUT2D eigenvalue weighted by Crippen LogP contribution is 2.23. The molecule has 3 rings (SSSR count). The van der Waals surface area contributed by atoms with Crippen molar-refractivity contribution in [1.82, 2.24) is 9.78 Å². The van der Waals surface area contributed by atoms with Crippen LogP contribution in [0.5, 0.6) is 0 Å². The van der Waals surface area contributed by atoms with Gasteiger partial charge in [0.15, 0.2) is 5.11 Å². The first-order chi connectivity index (χ1) is 14.4. The molecule has 6 nitrogen and oxygen atoms in total. The molecule has 0 radical (unpaired) electrons. The summed E-state index contributed by atoms with van der Waals surface area (Å²) < 4.78 is 6.89. The Morgan fingerprint density at radius 3 is 2.50 bits per heavy atom. The zero-order chi connectivity index (χ0) is 21.7. The van der Waals surface area contributed by atoms with Gasteiger partial charge in [-0.25, -0.2) is 4.79 Å². The van der Waals surface area contributed by atoms with Crippen molar-refractivity contribution in [2.75, 3.05) is 17.2 Å². The number of thiocarbonyl (C=S) groups is 1. The number of hydrogen-bond donors (Lipinski definition) is 2. The monoisotopic (exact) mass is 442 g/mol. The van der Waals surface area contributed by atoms with E-state index in [4.69, 9.17) is 28.6 Å². The van der Waals surface area contributed by atoms with Gasteiger partial charge in [0.2, 0.25) is 0 Å². The van der Waals surface area contributed by atoms with E-state index in [2.05, 4.69) is 15.7 Å². The molecule has 0 aliphatic heterocycles. The Bertz CT molecular complexity index is 1060. The van der Waals surface area contributed by atoms with Gasteiger partial charge in [-0.3, -0.25) is 4.68 Å². The van der Waals surface area contributed by atoms with E-state index in [0.29, 0.717) is 28.9 Å². The maximum Gasteiger partial charge on any atom is 0.338 e. The quantitative estimate of drug-likeness (QED) is 0.404. The zero-order valence-electron chi connectivity index (χ0n) is 17.0. The fraction of sp³-hybridized carbons (Fsp3) is 0.227. The molecule has 3 aromatic rings. The molecular formula is C22H23ClN4O2S. The van der Waals surface area contributed by atoms with E-state index >= 15 is 0 Å². The SMILES string of the molecule is CCOC(=O)c1ccc(NC(=S)Nc2c(C)nn(Cc3ccccc3Cl)c2C)cc1. The number of carbonyl (C=O) groups excluding carboxylic acids is 1. The molecule has 0 fully saturated rings. The van der Waals surface area contributed by atoms with Crippen LogP contribution in [0.4, 0.5) is 11.4 Å². The van der Waals surface area contributed by atoms with Gasteiger partial charge in [0, 0.05) is 10.7 Å². The average Bonchev–Trinajstić information content (AvgIpc) is 2.98.